The van der Waals surface area contributed by atoms with E-state index < -0.39 is 16.1 Å². The predicted octanol–water partition coefficient (Wildman–Crippen LogP) is 3.80. The first kappa shape index (κ1) is 19.5. The highest BCUT2D eigenvalue weighted by molar-refractivity contribution is 7.93. The summed E-state index contributed by atoms with van der Waals surface area (Å²) in [6.45, 7) is 11.2. The Morgan fingerprint density at radius 2 is 1.32 bits per heavy atom. The number of anilines is 1. The van der Waals surface area contributed by atoms with E-state index in [1.165, 1.54) is 4.31 Å². The normalized spacial score (nSPS) is 12.9. The van der Waals surface area contributed by atoms with E-state index in [0.29, 0.717) is 10.6 Å². The lowest BCUT2D eigenvalue weighted by Crippen LogP contribution is -2.37. The van der Waals surface area contributed by atoms with Crippen molar-refractivity contribution in [2.24, 2.45) is 0 Å². The first-order chi connectivity index (χ1) is 11.6. The van der Waals surface area contributed by atoms with Crippen molar-refractivity contribution in [3.63, 3.8) is 0 Å². The van der Waals surface area contributed by atoms with Crippen LogP contribution >= 0.6 is 0 Å². The number of aliphatic hydroxyl groups excluding tert-OH is 1. The van der Waals surface area contributed by atoms with Gasteiger partial charge >= 0.3 is 0 Å². The molecule has 4 nitrogen and oxygen atoms in total. The second kappa shape index (κ2) is 7.18. The van der Waals surface area contributed by atoms with E-state index in [1.807, 2.05) is 40.7 Å². The summed E-state index contributed by atoms with van der Waals surface area (Å²) in [6.07, 6.45) is -0.775. The highest BCUT2D eigenvalue weighted by Crippen LogP contribution is 2.33. The molecule has 0 saturated heterocycles. The number of aliphatic hydroxyl groups is 1. The standard InChI is InChI=1S/C20H27NO3S/c1-13(22)12-21(19-10-8-7-9-11-19)25(23,24)20-17(5)15(3)14(2)16(4)18(20)6/h7-11,13,22H,12H2,1-6H3/t13-/m0/s1. The third kappa shape index (κ3) is 3.58. The van der Waals surface area contributed by atoms with E-state index in [2.05, 4.69) is 0 Å². The molecule has 2 aromatic rings. The molecule has 0 aliphatic rings. The maximum absolute atomic E-state index is 13.5. The van der Waals surface area contributed by atoms with Crippen LogP contribution in [-0.4, -0.2) is 26.2 Å². The molecule has 0 heterocycles. The lowest BCUT2D eigenvalue weighted by atomic mass is 9.95. The molecule has 0 unspecified atom stereocenters. The number of nitrogens with zero attached hydrogens (tertiary/aromatic N) is 1. The van der Waals surface area contributed by atoms with E-state index in [9.17, 15) is 13.5 Å². The summed E-state index contributed by atoms with van der Waals surface area (Å²) in [5, 5.41) is 9.88. The minimum Gasteiger partial charge on any atom is -0.392 e. The van der Waals surface area contributed by atoms with Crippen LogP contribution in [0.15, 0.2) is 35.2 Å². The van der Waals surface area contributed by atoms with Gasteiger partial charge in [-0.1, -0.05) is 18.2 Å². The number of para-hydroxylation sites is 1. The predicted molar refractivity (Wildman–Crippen MR) is 103 cm³/mol. The van der Waals surface area contributed by atoms with E-state index in [1.54, 1.807) is 31.2 Å². The molecular weight excluding hydrogens is 334 g/mol. The van der Waals surface area contributed by atoms with Gasteiger partial charge < -0.3 is 5.11 Å². The monoisotopic (exact) mass is 361 g/mol. The maximum Gasteiger partial charge on any atom is 0.264 e. The molecule has 0 aliphatic heterocycles. The Labute approximate surface area is 151 Å². The average molecular weight is 362 g/mol. The van der Waals surface area contributed by atoms with Crippen LogP contribution in [0.3, 0.4) is 0 Å². The number of sulfonamides is 1. The number of hydrogen-bond donors (Lipinski definition) is 1. The Bertz CT molecular complexity index is 843. The van der Waals surface area contributed by atoms with Gasteiger partial charge in [0.25, 0.3) is 10.0 Å². The lowest BCUT2D eigenvalue weighted by molar-refractivity contribution is 0.204. The topological polar surface area (TPSA) is 57.6 Å². The lowest BCUT2D eigenvalue weighted by Gasteiger charge is -2.28. The van der Waals surface area contributed by atoms with Gasteiger partial charge in [-0.3, -0.25) is 4.31 Å². The summed E-state index contributed by atoms with van der Waals surface area (Å²) in [4.78, 5) is 0.345. The number of hydrogen-bond acceptors (Lipinski definition) is 3. The van der Waals surface area contributed by atoms with Crippen LogP contribution in [0.4, 0.5) is 5.69 Å². The first-order valence-electron chi connectivity index (χ1n) is 8.41. The molecule has 0 fully saturated rings. The van der Waals surface area contributed by atoms with Crippen molar-refractivity contribution in [2.45, 2.75) is 52.5 Å². The summed E-state index contributed by atoms with van der Waals surface area (Å²) in [5.41, 5.74) is 5.20. The van der Waals surface area contributed by atoms with Crippen molar-refractivity contribution in [1.29, 1.82) is 0 Å². The summed E-state index contributed by atoms with van der Waals surface area (Å²) >= 11 is 0. The Kier molecular flexibility index (Phi) is 5.59. The zero-order valence-corrected chi connectivity index (χ0v) is 16.6. The smallest absolute Gasteiger partial charge is 0.264 e. The average Bonchev–Trinajstić information content (AvgIpc) is 2.56. The van der Waals surface area contributed by atoms with E-state index in [-0.39, 0.29) is 6.54 Å². The van der Waals surface area contributed by atoms with Crippen molar-refractivity contribution >= 4 is 15.7 Å². The van der Waals surface area contributed by atoms with Gasteiger partial charge in [-0.2, -0.15) is 0 Å². The highest BCUT2D eigenvalue weighted by Gasteiger charge is 2.31. The molecule has 1 N–H and O–H groups in total. The minimum atomic E-state index is -3.80. The summed E-state index contributed by atoms with van der Waals surface area (Å²) < 4.78 is 28.4. The highest BCUT2D eigenvalue weighted by atomic mass is 32.2. The Hall–Kier alpha value is -1.85. The Balaban J connectivity index is 2.75. The minimum absolute atomic E-state index is 0.0111. The van der Waals surface area contributed by atoms with Crippen LogP contribution in [0, 0.1) is 34.6 Å². The molecule has 0 radical (unpaired) electrons. The largest absolute Gasteiger partial charge is 0.392 e. The molecule has 0 saturated carbocycles. The molecule has 25 heavy (non-hydrogen) atoms. The van der Waals surface area contributed by atoms with Crippen molar-refractivity contribution < 1.29 is 13.5 Å². The third-order valence-corrected chi connectivity index (χ3v) is 7.02. The molecule has 0 bridgehead atoms. The van der Waals surface area contributed by atoms with Gasteiger partial charge in [-0.15, -0.1) is 0 Å². The van der Waals surface area contributed by atoms with Gasteiger partial charge in [-0.25, -0.2) is 8.42 Å². The zero-order chi connectivity index (χ0) is 18.9. The fourth-order valence-electron chi connectivity index (χ4n) is 3.14. The van der Waals surface area contributed by atoms with Crippen LogP contribution in [0.5, 0.6) is 0 Å². The van der Waals surface area contributed by atoms with Gasteiger partial charge in [0, 0.05) is 0 Å². The molecule has 2 rings (SSSR count). The third-order valence-electron chi connectivity index (χ3n) is 4.95. The van der Waals surface area contributed by atoms with Crippen molar-refractivity contribution in [1.82, 2.24) is 0 Å². The summed E-state index contributed by atoms with van der Waals surface area (Å²) in [6, 6.07) is 8.93. The fraction of sp³-hybridized carbons (Fsp3) is 0.400. The number of benzene rings is 2. The molecule has 0 aliphatic carbocycles. The molecule has 136 valence electrons. The van der Waals surface area contributed by atoms with Crippen LogP contribution in [0.25, 0.3) is 0 Å². The first-order valence-corrected chi connectivity index (χ1v) is 9.85. The van der Waals surface area contributed by atoms with Crippen molar-refractivity contribution in [3.05, 3.63) is 58.1 Å². The van der Waals surface area contributed by atoms with Gasteiger partial charge in [-0.05, 0) is 81.5 Å². The molecule has 0 aromatic heterocycles. The van der Waals surface area contributed by atoms with Gasteiger partial charge in [0.15, 0.2) is 0 Å². The van der Waals surface area contributed by atoms with Crippen molar-refractivity contribution in [2.75, 3.05) is 10.8 Å². The van der Waals surface area contributed by atoms with E-state index in [4.69, 9.17) is 0 Å². The Morgan fingerprint density at radius 3 is 1.76 bits per heavy atom. The quantitative estimate of drug-likeness (QED) is 0.881. The zero-order valence-electron chi connectivity index (χ0n) is 15.8. The second-order valence-corrected chi connectivity index (χ2v) is 8.47. The second-order valence-electron chi connectivity index (χ2n) is 6.67. The van der Waals surface area contributed by atoms with E-state index >= 15 is 0 Å². The summed E-state index contributed by atoms with van der Waals surface area (Å²) in [7, 11) is -3.80. The molecule has 2 aromatic carbocycles. The Morgan fingerprint density at radius 1 is 0.880 bits per heavy atom. The maximum atomic E-state index is 13.5. The van der Waals surface area contributed by atoms with Crippen LogP contribution < -0.4 is 4.31 Å². The van der Waals surface area contributed by atoms with Crippen molar-refractivity contribution in [3.8, 4) is 0 Å². The molecule has 0 amide bonds. The van der Waals surface area contributed by atoms with Gasteiger partial charge in [0.1, 0.15) is 0 Å². The fourth-order valence-corrected chi connectivity index (χ4v) is 5.25. The van der Waals surface area contributed by atoms with E-state index in [0.717, 1.165) is 27.8 Å². The van der Waals surface area contributed by atoms with Crippen LogP contribution in [0.1, 0.15) is 34.7 Å². The summed E-state index contributed by atoms with van der Waals surface area (Å²) in [5.74, 6) is 0. The van der Waals surface area contributed by atoms with Gasteiger partial charge in [0.2, 0.25) is 0 Å². The molecule has 5 heteroatoms. The molecule has 0 spiro atoms. The van der Waals surface area contributed by atoms with Crippen LogP contribution in [-0.2, 0) is 10.0 Å². The SMILES string of the molecule is Cc1c(C)c(C)c(S(=O)(=O)N(C[C@H](C)O)c2ccccc2)c(C)c1C. The number of rotatable bonds is 5. The molecular formula is C20H27NO3S. The van der Waals surface area contributed by atoms with Crippen LogP contribution in [0.2, 0.25) is 0 Å². The molecule has 1 atom stereocenters. The van der Waals surface area contributed by atoms with Gasteiger partial charge in [0.05, 0.1) is 23.2 Å².